The van der Waals surface area contributed by atoms with Crippen molar-refractivity contribution in [3.05, 3.63) is 63.9 Å². The summed E-state index contributed by atoms with van der Waals surface area (Å²) in [5.74, 6) is -1.98. The number of benzene rings is 1. The Bertz CT molecular complexity index is 896. The van der Waals surface area contributed by atoms with Crippen LogP contribution in [0.3, 0.4) is 0 Å². The SMILES string of the molecule is CCCC(CC)CN=C(NC(=O)c1ccc(F)c(F)c1)Nc1cccc(=O)[nH]1. The number of aliphatic imine (C=N–C) groups is 1. The van der Waals surface area contributed by atoms with Gasteiger partial charge in [-0.15, -0.1) is 0 Å². The molecule has 0 aliphatic heterocycles. The lowest BCUT2D eigenvalue weighted by molar-refractivity contribution is 0.0976. The molecule has 0 radical (unpaired) electrons. The summed E-state index contributed by atoms with van der Waals surface area (Å²) in [7, 11) is 0. The lowest BCUT2D eigenvalue weighted by Gasteiger charge is -2.15. The molecule has 1 atom stereocenters. The van der Waals surface area contributed by atoms with Crippen molar-refractivity contribution in [3.8, 4) is 0 Å². The van der Waals surface area contributed by atoms with Gasteiger partial charge in [-0.05, 0) is 36.6 Å². The highest BCUT2D eigenvalue weighted by molar-refractivity contribution is 6.09. The molecule has 0 spiro atoms. The number of nitrogens with zero attached hydrogens (tertiary/aromatic N) is 1. The second-order valence-corrected chi connectivity index (χ2v) is 6.39. The van der Waals surface area contributed by atoms with E-state index in [1.165, 1.54) is 12.1 Å². The van der Waals surface area contributed by atoms with Crippen LogP contribution in [0.15, 0.2) is 46.2 Å². The highest BCUT2D eigenvalue weighted by atomic mass is 19.2. The topological polar surface area (TPSA) is 86.3 Å². The van der Waals surface area contributed by atoms with Crippen molar-refractivity contribution in [2.75, 3.05) is 11.9 Å². The van der Waals surface area contributed by atoms with E-state index in [1.54, 1.807) is 12.1 Å². The van der Waals surface area contributed by atoms with E-state index in [9.17, 15) is 18.4 Å². The van der Waals surface area contributed by atoms with E-state index in [1.807, 2.05) is 0 Å². The average Bonchev–Trinajstić information content (AvgIpc) is 2.67. The Labute approximate surface area is 162 Å². The highest BCUT2D eigenvalue weighted by Gasteiger charge is 2.13. The monoisotopic (exact) mass is 390 g/mol. The number of H-pyrrole nitrogens is 1. The summed E-state index contributed by atoms with van der Waals surface area (Å²) in [6, 6.07) is 7.42. The number of guanidine groups is 1. The van der Waals surface area contributed by atoms with Crippen LogP contribution >= 0.6 is 0 Å². The molecule has 1 amide bonds. The van der Waals surface area contributed by atoms with Crippen LogP contribution in [0.25, 0.3) is 0 Å². The number of carbonyl (C=O) groups excluding carboxylic acids is 1. The first-order chi connectivity index (χ1) is 13.4. The number of aromatic nitrogens is 1. The van der Waals surface area contributed by atoms with E-state index in [0.717, 1.165) is 31.4 Å². The van der Waals surface area contributed by atoms with Crippen LogP contribution in [0.1, 0.15) is 43.5 Å². The van der Waals surface area contributed by atoms with E-state index in [2.05, 4.69) is 34.5 Å². The van der Waals surface area contributed by atoms with E-state index in [0.29, 0.717) is 18.3 Å². The Balaban J connectivity index is 2.21. The van der Waals surface area contributed by atoms with E-state index >= 15 is 0 Å². The number of halogens is 2. The van der Waals surface area contributed by atoms with Crippen molar-refractivity contribution in [2.24, 2.45) is 10.9 Å². The minimum absolute atomic E-state index is 0.0458. The van der Waals surface area contributed by atoms with Gasteiger partial charge in [-0.25, -0.2) is 8.78 Å². The zero-order valence-electron chi connectivity index (χ0n) is 15.9. The smallest absolute Gasteiger partial charge is 0.258 e. The molecule has 2 rings (SSSR count). The Hall–Kier alpha value is -3.03. The zero-order valence-corrected chi connectivity index (χ0v) is 15.9. The van der Waals surface area contributed by atoms with Gasteiger partial charge in [0.1, 0.15) is 5.82 Å². The minimum atomic E-state index is -1.11. The standard InChI is InChI=1S/C20H24F2N4O2/c1-3-6-13(4-2)12-23-20(25-17-7-5-8-18(27)24-17)26-19(28)14-9-10-15(21)16(22)11-14/h5,7-11,13H,3-4,6,12H2,1-2H3,(H3,23,24,25,26,27,28). The van der Waals surface area contributed by atoms with E-state index < -0.39 is 17.5 Å². The lowest BCUT2D eigenvalue weighted by atomic mass is 10.0. The van der Waals surface area contributed by atoms with Crippen molar-refractivity contribution < 1.29 is 13.6 Å². The number of pyridine rings is 1. The summed E-state index contributed by atoms with van der Waals surface area (Å²) in [4.78, 5) is 30.9. The third-order valence-corrected chi connectivity index (χ3v) is 4.22. The molecule has 6 nitrogen and oxygen atoms in total. The molecule has 2 aromatic rings. The molecule has 1 aromatic carbocycles. The number of hydrogen-bond acceptors (Lipinski definition) is 3. The summed E-state index contributed by atoms with van der Waals surface area (Å²) in [6.07, 6.45) is 2.94. The minimum Gasteiger partial charge on any atom is -0.312 e. The number of aromatic amines is 1. The molecule has 1 heterocycles. The number of nitrogens with one attached hydrogen (secondary N) is 3. The first-order valence-corrected chi connectivity index (χ1v) is 9.20. The Morgan fingerprint density at radius 3 is 2.61 bits per heavy atom. The number of anilines is 1. The summed E-state index contributed by atoms with van der Waals surface area (Å²) < 4.78 is 26.5. The molecule has 0 aliphatic rings. The molecule has 3 N–H and O–H groups in total. The van der Waals surface area contributed by atoms with Gasteiger partial charge in [0.25, 0.3) is 5.91 Å². The Kier molecular flexibility index (Phi) is 7.86. The maximum atomic E-state index is 13.4. The molecular weight excluding hydrogens is 366 g/mol. The second kappa shape index (κ2) is 10.3. The fraction of sp³-hybridized carbons (Fsp3) is 0.350. The van der Waals surface area contributed by atoms with Crippen LogP contribution in [0.5, 0.6) is 0 Å². The normalized spacial score (nSPS) is 12.5. The van der Waals surface area contributed by atoms with Gasteiger partial charge in [-0.1, -0.05) is 32.8 Å². The maximum Gasteiger partial charge on any atom is 0.258 e. The predicted octanol–water partition coefficient (Wildman–Crippen LogP) is 3.68. The van der Waals surface area contributed by atoms with Gasteiger partial charge < -0.3 is 10.3 Å². The second-order valence-electron chi connectivity index (χ2n) is 6.39. The van der Waals surface area contributed by atoms with Crippen molar-refractivity contribution in [1.29, 1.82) is 0 Å². The van der Waals surface area contributed by atoms with Gasteiger partial charge in [0.05, 0.1) is 0 Å². The highest BCUT2D eigenvalue weighted by Crippen LogP contribution is 2.12. The molecule has 0 saturated heterocycles. The summed E-state index contributed by atoms with van der Waals surface area (Å²) in [5.41, 5.74) is -0.357. The maximum absolute atomic E-state index is 13.4. The third kappa shape index (κ3) is 6.29. The number of rotatable bonds is 7. The molecule has 1 aromatic heterocycles. The average molecular weight is 390 g/mol. The molecule has 0 bridgehead atoms. The number of hydrogen-bond donors (Lipinski definition) is 3. The molecular formula is C20H24F2N4O2. The Morgan fingerprint density at radius 2 is 1.96 bits per heavy atom. The van der Waals surface area contributed by atoms with Gasteiger partial charge in [-0.2, -0.15) is 0 Å². The van der Waals surface area contributed by atoms with Gasteiger partial charge >= 0.3 is 0 Å². The first kappa shape index (κ1) is 21.3. The predicted molar refractivity (Wildman–Crippen MR) is 106 cm³/mol. The molecule has 150 valence electrons. The molecule has 8 heteroatoms. The van der Waals surface area contributed by atoms with Gasteiger partial charge in [0, 0.05) is 18.2 Å². The van der Waals surface area contributed by atoms with Gasteiger partial charge in [0.15, 0.2) is 11.6 Å². The number of amides is 1. The summed E-state index contributed by atoms with van der Waals surface area (Å²) in [5, 5.41) is 5.42. The van der Waals surface area contributed by atoms with Crippen LogP contribution in [0.2, 0.25) is 0 Å². The Morgan fingerprint density at radius 1 is 1.18 bits per heavy atom. The van der Waals surface area contributed by atoms with Crippen LogP contribution in [-0.4, -0.2) is 23.4 Å². The zero-order chi connectivity index (χ0) is 20.5. The summed E-state index contributed by atoms with van der Waals surface area (Å²) in [6.45, 7) is 4.63. The molecule has 0 saturated carbocycles. The number of carbonyl (C=O) groups is 1. The van der Waals surface area contributed by atoms with Gasteiger partial charge in [-0.3, -0.25) is 19.9 Å². The summed E-state index contributed by atoms with van der Waals surface area (Å²) >= 11 is 0. The first-order valence-electron chi connectivity index (χ1n) is 9.20. The fourth-order valence-electron chi connectivity index (χ4n) is 2.63. The third-order valence-electron chi connectivity index (χ3n) is 4.22. The molecule has 28 heavy (non-hydrogen) atoms. The van der Waals surface area contributed by atoms with Crippen LogP contribution < -0.4 is 16.2 Å². The van der Waals surface area contributed by atoms with Crippen molar-refractivity contribution >= 4 is 17.7 Å². The van der Waals surface area contributed by atoms with Crippen molar-refractivity contribution in [3.63, 3.8) is 0 Å². The van der Waals surface area contributed by atoms with Crippen LogP contribution in [0, 0.1) is 17.6 Å². The lowest BCUT2D eigenvalue weighted by Crippen LogP contribution is -2.37. The molecule has 0 fully saturated rings. The largest absolute Gasteiger partial charge is 0.312 e. The quantitative estimate of drug-likeness (QED) is 0.498. The van der Waals surface area contributed by atoms with Crippen LogP contribution in [-0.2, 0) is 0 Å². The molecule has 0 aliphatic carbocycles. The fourth-order valence-corrected chi connectivity index (χ4v) is 2.63. The van der Waals surface area contributed by atoms with Crippen LogP contribution in [0.4, 0.5) is 14.6 Å². The van der Waals surface area contributed by atoms with Gasteiger partial charge in [0.2, 0.25) is 11.5 Å². The van der Waals surface area contributed by atoms with E-state index in [-0.39, 0.29) is 17.1 Å². The van der Waals surface area contributed by atoms with Crippen molar-refractivity contribution in [2.45, 2.75) is 33.1 Å². The van der Waals surface area contributed by atoms with Crippen molar-refractivity contribution in [1.82, 2.24) is 10.3 Å². The van der Waals surface area contributed by atoms with E-state index in [4.69, 9.17) is 0 Å². The molecule has 1 unspecified atom stereocenters.